The van der Waals surface area contributed by atoms with Gasteiger partial charge in [-0.1, -0.05) is 61.0 Å². The number of esters is 1. The summed E-state index contributed by atoms with van der Waals surface area (Å²) in [5.74, 6) is -0.782. The number of hydrogen-bond acceptors (Lipinski definition) is 9. The van der Waals surface area contributed by atoms with E-state index in [1.165, 1.54) is 43.4 Å². The van der Waals surface area contributed by atoms with E-state index in [2.05, 4.69) is 16.0 Å². The summed E-state index contributed by atoms with van der Waals surface area (Å²) in [7, 11) is 4.41. The predicted octanol–water partition coefficient (Wildman–Crippen LogP) is 8.70. The fourth-order valence-electron chi connectivity index (χ4n) is 6.24. The second-order valence-corrected chi connectivity index (χ2v) is 14.9. The maximum atomic E-state index is 14.2. The maximum absolute atomic E-state index is 14.2. The third-order valence-corrected chi connectivity index (χ3v) is 11.5. The zero-order valence-corrected chi connectivity index (χ0v) is 32.3. The Balaban J connectivity index is 1.27. The van der Waals surface area contributed by atoms with E-state index in [-0.39, 0.29) is 11.6 Å². The molecule has 5 aromatic rings. The van der Waals surface area contributed by atoms with Gasteiger partial charge >= 0.3 is 5.97 Å². The van der Waals surface area contributed by atoms with Gasteiger partial charge in [-0.2, -0.15) is 0 Å². The van der Waals surface area contributed by atoms with Crippen molar-refractivity contribution in [3.05, 3.63) is 142 Å². The van der Waals surface area contributed by atoms with Gasteiger partial charge < -0.3 is 30.2 Å². The Hall–Kier alpha value is -5.85. The maximum Gasteiger partial charge on any atom is 0.341 e. The Morgan fingerprint density at radius 2 is 1.53 bits per heavy atom. The van der Waals surface area contributed by atoms with Gasteiger partial charge in [0.05, 0.1) is 26.9 Å². The van der Waals surface area contributed by atoms with Crippen molar-refractivity contribution in [2.75, 3.05) is 32.0 Å². The van der Waals surface area contributed by atoms with Gasteiger partial charge in [0.25, 0.3) is 11.8 Å². The Kier molecular flexibility index (Phi) is 13.0. The number of methoxy groups -OCH3 is 3. The van der Waals surface area contributed by atoms with E-state index in [0.717, 1.165) is 48.1 Å². The Labute approximate surface area is 328 Å². The van der Waals surface area contributed by atoms with Gasteiger partial charge in [-0.15, -0.1) is 23.1 Å². The van der Waals surface area contributed by atoms with E-state index in [4.69, 9.17) is 14.2 Å². The molecule has 1 unspecified atom stereocenters. The van der Waals surface area contributed by atoms with Crippen LogP contribution in [-0.4, -0.2) is 45.0 Å². The first-order chi connectivity index (χ1) is 26.8. The number of carbonyl (C=O) groups excluding carboxylic acids is 4. The molecule has 0 spiro atoms. The molecule has 1 heterocycles. The Bertz CT molecular complexity index is 2200. The van der Waals surface area contributed by atoms with Crippen molar-refractivity contribution < 1.29 is 33.4 Å². The summed E-state index contributed by atoms with van der Waals surface area (Å²) in [6.45, 7) is 0. The molecule has 0 bridgehead atoms. The summed E-state index contributed by atoms with van der Waals surface area (Å²) in [6, 6.07) is 30.3. The molecule has 1 aliphatic rings. The van der Waals surface area contributed by atoms with Gasteiger partial charge in [-0.05, 0) is 85.4 Å². The minimum atomic E-state index is -0.706. The van der Waals surface area contributed by atoms with E-state index in [0.29, 0.717) is 43.8 Å². The van der Waals surface area contributed by atoms with Crippen LogP contribution in [0, 0.1) is 0 Å². The van der Waals surface area contributed by atoms with Crippen molar-refractivity contribution in [3.8, 4) is 11.5 Å². The number of amides is 3. The van der Waals surface area contributed by atoms with Crippen LogP contribution in [0.15, 0.2) is 114 Å². The normalized spacial score (nSPS) is 13.0. The molecule has 0 aliphatic heterocycles. The van der Waals surface area contributed by atoms with E-state index in [1.807, 2.05) is 36.4 Å². The number of carbonyl (C=O) groups is 4. The van der Waals surface area contributed by atoms with Crippen molar-refractivity contribution in [2.24, 2.45) is 0 Å². The highest BCUT2D eigenvalue weighted by atomic mass is 32.2. The smallest absolute Gasteiger partial charge is 0.341 e. The number of nitrogens with one attached hydrogen (secondary N) is 3. The molecule has 3 N–H and O–H groups in total. The van der Waals surface area contributed by atoms with Crippen LogP contribution in [0.5, 0.6) is 11.5 Å². The van der Waals surface area contributed by atoms with Crippen molar-refractivity contribution in [2.45, 2.75) is 42.2 Å². The molecule has 1 aliphatic carbocycles. The van der Waals surface area contributed by atoms with Crippen molar-refractivity contribution >= 4 is 63.6 Å². The Morgan fingerprint density at radius 3 is 2.25 bits per heavy atom. The molecule has 1 atom stereocenters. The fourth-order valence-corrected chi connectivity index (χ4v) is 8.61. The SMILES string of the molecule is COC(=O)c1c(NC(=O)C(Sc2cccc(NC(=O)/C(=C\c3ccc(OC)cc3OC)NC(=O)c3ccccc3)c2)c2ccccc2)sc2c1CCCCC2. The van der Waals surface area contributed by atoms with Gasteiger partial charge in [-0.25, -0.2) is 4.79 Å². The lowest BCUT2D eigenvalue weighted by Gasteiger charge is -2.18. The van der Waals surface area contributed by atoms with E-state index in [9.17, 15) is 19.2 Å². The van der Waals surface area contributed by atoms with Gasteiger partial charge in [-0.3, -0.25) is 14.4 Å². The number of fused-ring (bicyclic) bond motifs is 1. The molecule has 12 heteroatoms. The van der Waals surface area contributed by atoms with Crippen LogP contribution in [0.1, 0.15) is 66.8 Å². The summed E-state index contributed by atoms with van der Waals surface area (Å²) in [5, 5.41) is 8.54. The lowest BCUT2D eigenvalue weighted by Crippen LogP contribution is -2.30. The summed E-state index contributed by atoms with van der Waals surface area (Å²) >= 11 is 2.75. The molecule has 55 heavy (non-hydrogen) atoms. The summed E-state index contributed by atoms with van der Waals surface area (Å²) in [4.78, 5) is 56.2. The molecule has 1 aromatic heterocycles. The van der Waals surface area contributed by atoms with E-state index in [1.54, 1.807) is 73.8 Å². The third kappa shape index (κ3) is 9.64. The van der Waals surface area contributed by atoms with Crippen molar-refractivity contribution in [3.63, 3.8) is 0 Å². The lowest BCUT2D eigenvalue weighted by atomic mass is 10.1. The van der Waals surface area contributed by atoms with E-state index < -0.39 is 23.0 Å². The molecular weight excluding hydrogens is 735 g/mol. The standard InChI is InChI=1S/C43H41N3O7S2/c1-51-31-23-22-29(35(26-31)52-2)24-34(45-39(47)28-16-9-5-10-17-28)40(48)44-30-18-13-19-32(25-30)54-38(27-14-7-4-8-15-27)41(49)46-42-37(43(50)53-3)33-20-11-6-12-21-36(33)55-42/h4-5,7-10,13-19,22-26,38H,6,11-12,20-21H2,1-3H3,(H,44,48)(H,45,47)(H,46,49)/b34-24+. The first-order valence-corrected chi connectivity index (χ1v) is 19.4. The highest BCUT2D eigenvalue weighted by Gasteiger charge is 2.29. The average molecular weight is 776 g/mol. The van der Waals surface area contributed by atoms with Gasteiger partial charge in [0.15, 0.2) is 0 Å². The van der Waals surface area contributed by atoms with E-state index >= 15 is 0 Å². The third-order valence-electron chi connectivity index (χ3n) is 9.00. The molecule has 4 aromatic carbocycles. The monoisotopic (exact) mass is 775 g/mol. The average Bonchev–Trinajstić information content (AvgIpc) is 3.38. The molecule has 10 nitrogen and oxygen atoms in total. The molecule has 0 radical (unpaired) electrons. The number of anilines is 2. The summed E-state index contributed by atoms with van der Waals surface area (Å²) in [5.41, 5.74) is 3.51. The van der Waals surface area contributed by atoms with Gasteiger partial charge in [0.2, 0.25) is 5.91 Å². The highest BCUT2D eigenvalue weighted by Crippen LogP contribution is 2.41. The number of benzene rings is 4. The molecular formula is C43H41N3O7S2. The summed E-state index contributed by atoms with van der Waals surface area (Å²) in [6.07, 6.45) is 6.26. The van der Waals surface area contributed by atoms with Crippen LogP contribution in [0.4, 0.5) is 10.7 Å². The molecule has 6 rings (SSSR count). The largest absolute Gasteiger partial charge is 0.497 e. The van der Waals surface area contributed by atoms with Crippen LogP contribution in [0.25, 0.3) is 6.08 Å². The quantitative estimate of drug-likeness (QED) is 0.0469. The van der Waals surface area contributed by atoms with Gasteiger partial charge in [0.1, 0.15) is 27.4 Å². The minimum absolute atomic E-state index is 0.0207. The van der Waals surface area contributed by atoms with Crippen LogP contribution in [-0.2, 0) is 27.2 Å². The lowest BCUT2D eigenvalue weighted by molar-refractivity contribution is -0.116. The predicted molar refractivity (Wildman–Crippen MR) is 217 cm³/mol. The van der Waals surface area contributed by atoms with Crippen molar-refractivity contribution in [1.29, 1.82) is 0 Å². The van der Waals surface area contributed by atoms with Crippen molar-refractivity contribution in [1.82, 2.24) is 5.32 Å². The molecule has 282 valence electrons. The van der Waals surface area contributed by atoms with Crippen LogP contribution in [0.2, 0.25) is 0 Å². The molecule has 0 saturated carbocycles. The van der Waals surface area contributed by atoms with Crippen LogP contribution in [0.3, 0.4) is 0 Å². The van der Waals surface area contributed by atoms with Crippen LogP contribution < -0.4 is 25.4 Å². The first-order valence-electron chi connectivity index (χ1n) is 17.7. The number of rotatable bonds is 13. The number of hydrogen-bond donors (Lipinski definition) is 3. The van der Waals surface area contributed by atoms with Gasteiger partial charge in [0, 0.05) is 32.7 Å². The molecule has 3 amide bonds. The topological polar surface area (TPSA) is 132 Å². The number of aryl methyl sites for hydroxylation is 1. The number of thioether (sulfide) groups is 1. The Morgan fingerprint density at radius 1 is 0.782 bits per heavy atom. The second kappa shape index (κ2) is 18.5. The highest BCUT2D eigenvalue weighted by molar-refractivity contribution is 8.00. The molecule has 0 saturated heterocycles. The minimum Gasteiger partial charge on any atom is -0.497 e. The molecule has 0 fully saturated rings. The summed E-state index contributed by atoms with van der Waals surface area (Å²) < 4.78 is 16.0. The fraction of sp³-hybridized carbons (Fsp3) is 0.209. The zero-order chi connectivity index (χ0) is 38.7. The number of ether oxygens (including phenoxy) is 3. The van der Waals surface area contributed by atoms with Crippen LogP contribution >= 0.6 is 23.1 Å². The number of thiophene rings is 1. The zero-order valence-electron chi connectivity index (χ0n) is 30.7. The second-order valence-electron chi connectivity index (χ2n) is 12.6. The first kappa shape index (κ1) is 38.9.